The molecule has 0 aliphatic heterocycles. The van der Waals surface area contributed by atoms with E-state index in [0.717, 1.165) is 5.69 Å². The first kappa shape index (κ1) is 14.9. The van der Waals surface area contributed by atoms with Crippen molar-refractivity contribution < 1.29 is 14.4 Å². The number of nitrogens with zero attached hydrogens (tertiary/aromatic N) is 1. The van der Waals surface area contributed by atoms with Gasteiger partial charge in [0.2, 0.25) is 0 Å². The maximum absolute atomic E-state index is 10.7. The van der Waals surface area contributed by atoms with Gasteiger partial charge in [0.1, 0.15) is 0 Å². The lowest BCUT2D eigenvalue weighted by Gasteiger charge is -2.12. The maximum atomic E-state index is 10.7. The molecule has 1 N–H and O–H groups in total. The van der Waals surface area contributed by atoms with Crippen LogP contribution in [0.1, 0.15) is 0 Å². The molecule has 6 nitrogen and oxygen atoms in total. The summed E-state index contributed by atoms with van der Waals surface area (Å²) in [6.07, 6.45) is 0. The molecule has 2 rings (SSSR count). The van der Waals surface area contributed by atoms with Gasteiger partial charge in [-0.3, -0.25) is 10.1 Å². The number of nitro benzene ring substituents is 1. The number of anilines is 2. The van der Waals surface area contributed by atoms with Crippen LogP contribution >= 0.6 is 11.6 Å². The number of nitro groups is 1. The Labute approximate surface area is 126 Å². The topological polar surface area (TPSA) is 73.6 Å². The lowest BCUT2D eigenvalue weighted by Crippen LogP contribution is -1.95. The fraction of sp³-hybridized carbons (Fsp3) is 0.143. The number of nitrogens with one attached hydrogen (secondary N) is 1. The molecule has 21 heavy (non-hydrogen) atoms. The summed E-state index contributed by atoms with van der Waals surface area (Å²) in [5.74, 6) is 1.18. The minimum Gasteiger partial charge on any atom is -0.493 e. The summed E-state index contributed by atoms with van der Waals surface area (Å²) in [5.41, 5.74) is 1.23. The zero-order valence-electron chi connectivity index (χ0n) is 11.4. The highest BCUT2D eigenvalue weighted by Crippen LogP contribution is 2.33. The number of halogens is 1. The molecule has 0 unspecified atom stereocenters. The van der Waals surface area contributed by atoms with Crippen LogP contribution in [-0.4, -0.2) is 19.1 Å². The highest BCUT2D eigenvalue weighted by molar-refractivity contribution is 6.33. The Hall–Kier alpha value is -2.47. The van der Waals surface area contributed by atoms with Gasteiger partial charge in [0.25, 0.3) is 5.69 Å². The maximum Gasteiger partial charge on any atom is 0.271 e. The van der Waals surface area contributed by atoms with Crippen molar-refractivity contribution in [2.24, 2.45) is 0 Å². The average Bonchev–Trinajstić information content (AvgIpc) is 2.48. The fourth-order valence-corrected chi connectivity index (χ4v) is 2.01. The Kier molecular flexibility index (Phi) is 4.49. The van der Waals surface area contributed by atoms with Gasteiger partial charge in [-0.1, -0.05) is 11.6 Å². The van der Waals surface area contributed by atoms with E-state index in [-0.39, 0.29) is 10.7 Å². The van der Waals surface area contributed by atoms with Crippen molar-refractivity contribution in [3.8, 4) is 11.5 Å². The van der Waals surface area contributed by atoms with Crippen molar-refractivity contribution in [3.05, 3.63) is 51.5 Å². The third-order valence-corrected chi connectivity index (χ3v) is 3.14. The number of ether oxygens (including phenoxy) is 2. The van der Waals surface area contributed by atoms with Gasteiger partial charge in [-0.2, -0.15) is 0 Å². The molecular formula is C14H13ClN2O4. The third-order valence-electron chi connectivity index (χ3n) is 2.83. The molecule has 0 amide bonds. The monoisotopic (exact) mass is 308 g/mol. The average molecular weight is 309 g/mol. The molecule has 0 bridgehead atoms. The number of hydrogen-bond acceptors (Lipinski definition) is 5. The molecule has 0 spiro atoms. The van der Waals surface area contributed by atoms with Gasteiger partial charge < -0.3 is 14.8 Å². The standard InChI is InChI=1S/C14H13ClN2O4/c1-20-13-6-3-9(7-14(13)21-2)16-12-5-4-10(17(18)19)8-11(12)15/h3-8,16H,1-2H3. The zero-order valence-corrected chi connectivity index (χ0v) is 12.2. The van der Waals surface area contributed by atoms with Gasteiger partial charge in [-0.05, 0) is 18.2 Å². The Morgan fingerprint density at radius 2 is 1.81 bits per heavy atom. The lowest BCUT2D eigenvalue weighted by molar-refractivity contribution is -0.384. The number of non-ortho nitro benzene ring substituents is 1. The first-order chi connectivity index (χ1) is 10.0. The Balaban J connectivity index is 2.28. The van der Waals surface area contributed by atoms with Crippen molar-refractivity contribution in [2.45, 2.75) is 0 Å². The van der Waals surface area contributed by atoms with Crippen LogP contribution in [0.5, 0.6) is 11.5 Å². The quantitative estimate of drug-likeness (QED) is 0.667. The minimum absolute atomic E-state index is 0.0575. The van der Waals surface area contributed by atoms with E-state index in [1.165, 1.54) is 12.1 Å². The van der Waals surface area contributed by atoms with E-state index in [0.29, 0.717) is 17.2 Å². The predicted molar refractivity (Wildman–Crippen MR) is 80.9 cm³/mol. The molecular weight excluding hydrogens is 296 g/mol. The van der Waals surface area contributed by atoms with Crippen LogP contribution < -0.4 is 14.8 Å². The normalized spacial score (nSPS) is 10.0. The van der Waals surface area contributed by atoms with Crippen LogP contribution in [0.15, 0.2) is 36.4 Å². The number of rotatable bonds is 5. The highest BCUT2D eigenvalue weighted by Gasteiger charge is 2.10. The van der Waals surface area contributed by atoms with E-state index in [2.05, 4.69) is 5.32 Å². The van der Waals surface area contributed by atoms with Gasteiger partial charge in [0, 0.05) is 23.9 Å². The molecule has 110 valence electrons. The van der Waals surface area contributed by atoms with Crippen molar-refractivity contribution in [1.82, 2.24) is 0 Å². The van der Waals surface area contributed by atoms with Crippen LogP contribution in [0.2, 0.25) is 5.02 Å². The second-order valence-corrected chi connectivity index (χ2v) is 4.52. The summed E-state index contributed by atoms with van der Waals surface area (Å²) in [7, 11) is 3.10. The van der Waals surface area contributed by atoms with Crippen LogP contribution in [-0.2, 0) is 0 Å². The lowest BCUT2D eigenvalue weighted by atomic mass is 10.2. The molecule has 0 fully saturated rings. The van der Waals surface area contributed by atoms with Crippen LogP contribution in [0.25, 0.3) is 0 Å². The number of methoxy groups -OCH3 is 2. The molecule has 0 aliphatic rings. The summed E-state index contributed by atoms with van der Waals surface area (Å²) >= 11 is 6.03. The molecule has 0 heterocycles. The van der Waals surface area contributed by atoms with E-state index in [1.807, 2.05) is 0 Å². The fourth-order valence-electron chi connectivity index (χ4n) is 1.79. The van der Waals surface area contributed by atoms with Crippen LogP contribution in [0, 0.1) is 10.1 Å². The SMILES string of the molecule is COc1ccc(Nc2ccc([N+](=O)[O-])cc2Cl)cc1OC. The van der Waals surface area contributed by atoms with Crippen LogP contribution in [0.3, 0.4) is 0 Å². The van der Waals surface area contributed by atoms with E-state index < -0.39 is 4.92 Å². The molecule has 0 atom stereocenters. The van der Waals surface area contributed by atoms with Gasteiger partial charge in [-0.15, -0.1) is 0 Å². The van der Waals surface area contributed by atoms with E-state index >= 15 is 0 Å². The Morgan fingerprint density at radius 3 is 2.38 bits per heavy atom. The molecule has 7 heteroatoms. The first-order valence-electron chi connectivity index (χ1n) is 5.98. The number of benzene rings is 2. The molecule has 2 aromatic carbocycles. The van der Waals surface area contributed by atoms with Gasteiger partial charge in [0.05, 0.1) is 29.9 Å². The largest absolute Gasteiger partial charge is 0.493 e. The van der Waals surface area contributed by atoms with E-state index in [1.54, 1.807) is 38.5 Å². The Morgan fingerprint density at radius 1 is 1.10 bits per heavy atom. The first-order valence-corrected chi connectivity index (χ1v) is 6.36. The summed E-state index contributed by atoms with van der Waals surface area (Å²) in [6, 6.07) is 9.52. The highest BCUT2D eigenvalue weighted by atomic mass is 35.5. The smallest absolute Gasteiger partial charge is 0.271 e. The van der Waals surface area contributed by atoms with Gasteiger partial charge in [-0.25, -0.2) is 0 Å². The second-order valence-electron chi connectivity index (χ2n) is 4.12. The third kappa shape index (κ3) is 3.35. The Bertz CT molecular complexity index is 676. The molecule has 0 aliphatic carbocycles. The van der Waals surface area contributed by atoms with Crippen molar-refractivity contribution in [3.63, 3.8) is 0 Å². The molecule has 2 aromatic rings. The summed E-state index contributed by atoms with van der Waals surface area (Å²) in [4.78, 5) is 10.2. The molecule has 0 saturated carbocycles. The van der Waals surface area contributed by atoms with Gasteiger partial charge in [0.15, 0.2) is 11.5 Å². The van der Waals surface area contributed by atoms with Crippen molar-refractivity contribution in [2.75, 3.05) is 19.5 Å². The van der Waals surface area contributed by atoms with E-state index in [4.69, 9.17) is 21.1 Å². The predicted octanol–water partition coefficient (Wildman–Crippen LogP) is 4.01. The summed E-state index contributed by atoms with van der Waals surface area (Å²) in [5, 5.41) is 14.0. The summed E-state index contributed by atoms with van der Waals surface area (Å²) < 4.78 is 10.4. The number of hydrogen-bond donors (Lipinski definition) is 1. The summed E-state index contributed by atoms with van der Waals surface area (Å²) in [6.45, 7) is 0. The van der Waals surface area contributed by atoms with E-state index in [9.17, 15) is 10.1 Å². The van der Waals surface area contributed by atoms with Crippen LogP contribution in [0.4, 0.5) is 17.1 Å². The molecule has 0 radical (unpaired) electrons. The second kappa shape index (κ2) is 6.32. The van der Waals surface area contributed by atoms with Crippen molar-refractivity contribution in [1.29, 1.82) is 0 Å². The van der Waals surface area contributed by atoms with Crippen molar-refractivity contribution >= 4 is 28.7 Å². The van der Waals surface area contributed by atoms with Gasteiger partial charge >= 0.3 is 0 Å². The zero-order chi connectivity index (χ0) is 15.4. The minimum atomic E-state index is -0.494. The molecule has 0 saturated heterocycles. The molecule has 0 aromatic heterocycles.